The van der Waals surface area contributed by atoms with Gasteiger partial charge >= 0.3 is 6.09 Å². The molecule has 1 unspecified atom stereocenters. The molecule has 5 aromatic carbocycles. The summed E-state index contributed by atoms with van der Waals surface area (Å²) in [6.07, 6.45) is -1.39. The topological polar surface area (TPSA) is 241 Å². The molecule has 4 N–H and O–H groups in total. The predicted molar refractivity (Wildman–Crippen MR) is 254 cm³/mol. The van der Waals surface area contributed by atoms with Gasteiger partial charge in [-0.25, -0.2) is 26.6 Å². The number of nitrogens with one attached hydrogen (secondary N) is 2. The van der Waals surface area contributed by atoms with Crippen LogP contribution in [-0.4, -0.2) is 109 Å². The minimum atomic E-state index is -4.91. The number of hydrogen-bond donors (Lipinski definition) is 4. The van der Waals surface area contributed by atoms with Gasteiger partial charge in [0.1, 0.15) is 34.0 Å². The van der Waals surface area contributed by atoms with Gasteiger partial charge < -0.3 is 34.7 Å². The van der Waals surface area contributed by atoms with E-state index in [9.17, 15) is 23.4 Å². The van der Waals surface area contributed by atoms with Crippen molar-refractivity contribution in [2.24, 2.45) is 0 Å². The molecule has 2 heterocycles. The fraction of sp³-hybridized carbons (Fsp3) is 0.283. The number of carbonyl (C=O) groups is 1. The lowest BCUT2D eigenvalue weighted by Crippen LogP contribution is -2.32. The number of ether oxygens (including phenoxy) is 3. The Bertz CT molecular complexity index is 3040. The number of methoxy groups -OCH3 is 3. The van der Waals surface area contributed by atoms with Gasteiger partial charge in [0.05, 0.1) is 61.7 Å². The van der Waals surface area contributed by atoms with Crippen molar-refractivity contribution in [2.75, 3.05) is 33.7 Å². The van der Waals surface area contributed by atoms with Crippen molar-refractivity contribution in [2.45, 2.75) is 61.2 Å². The fourth-order valence-corrected chi connectivity index (χ4v) is 14.2. The van der Waals surface area contributed by atoms with Gasteiger partial charge in [-0.15, -0.1) is 10.2 Å². The first-order chi connectivity index (χ1) is 31.9. The molecule has 0 saturated carbocycles. The highest BCUT2D eigenvalue weighted by molar-refractivity contribution is 7.93. The highest BCUT2D eigenvalue weighted by atomic mass is 32.2. The van der Waals surface area contributed by atoms with Crippen LogP contribution in [0.15, 0.2) is 113 Å². The van der Waals surface area contributed by atoms with E-state index in [-0.39, 0.29) is 53.7 Å². The molecule has 0 aliphatic heterocycles. The van der Waals surface area contributed by atoms with Gasteiger partial charge in [-0.05, 0) is 82.0 Å². The highest BCUT2D eigenvalue weighted by Crippen LogP contribution is 2.43. The Hall–Kier alpha value is -6.65. The van der Waals surface area contributed by atoms with Gasteiger partial charge in [0.2, 0.25) is 15.8 Å². The maximum absolute atomic E-state index is 16.1. The average Bonchev–Trinajstić information content (AvgIpc) is 3.97. The number of tetrazole rings is 1. The number of sulfone groups is 1. The molecule has 7 rings (SSSR count). The second-order valence-corrected chi connectivity index (χ2v) is 26.5. The van der Waals surface area contributed by atoms with Gasteiger partial charge in [-0.2, -0.15) is 9.10 Å². The number of imidazole rings is 1. The van der Waals surface area contributed by atoms with Crippen LogP contribution < -0.4 is 19.5 Å². The van der Waals surface area contributed by atoms with Crippen LogP contribution in [0.1, 0.15) is 28.6 Å². The SMILES string of the molecule is COc1ccc(CN(Cc2ccc(OC)cc2)S(=O)(=O)c2c(S(=O)(=O)CC[Si](C)(C)C)ccc(-c3cccc4[nH]c(C(CO)NC(=O)O)nc34)c2-c2nnn(Cc3ccc(OC)cc3)n2)cc1. The van der Waals surface area contributed by atoms with Crippen LogP contribution in [0.5, 0.6) is 17.2 Å². The molecule has 7 aromatic rings. The number of hydrogen-bond acceptors (Lipinski definition) is 13. The van der Waals surface area contributed by atoms with E-state index in [4.69, 9.17) is 24.3 Å². The Morgan fingerprint density at radius 1 is 0.791 bits per heavy atom. The lowest BCUT2D eigenvalue weighted by atomic mass is 9.98. The van der Waals surface area contributed by atoms with Crippen LogP contribution in [0.25, 0.3) is 33.5 Å². The molecule has 0 bridgehead atoms. The summed E-state index contributed by atoms with van der Waals surface area (Å²) in [4.78, 5) is 19.7. The highest BCUT2D eigenvalue weighted by Gasteiger charge is 2.38. The molecular weight excluding hydrogens is 917 g/mol. The van der Waals surface area contributed by atoms with Gasteiger partial charge in [-0.1, -0.05) is 74.2 Å². The summed E-state index contributed by atoms with van der Waals surface area (Å²) >= 11 is 0. The number of aliphatic hydroxyl groups excluding tert-OH is 1. The first kappa shape index (κ1) is 48.3. The molecule has 1 amide bonds. The van der Waals surface area contributed by atoms with Crippen molar-refractivity contribution in [3.8, 4) is 39.8 Å². The monoisotopic (exact) mass is 968 g/mol. The number of aliphatic hydroxyl groups is 1. The smallest absolute Gasteiger partial charge is 0.405 e. The van der Waals surface area contributed by atoms with Crippen LogP contribution in [0, 0.1) is 0 Å². The van der Waals surface area contributed by atoms with Crippen molar-refractivity contribution < 1.29 is 46.1 Å². The molecule has 0 aliphatic carbocycles. The largest absolute Gasteiger partial charge is 0.497 e. The second kappa shape index (κ2) is 20.1. The number of benzene rings is 5. The molecule has 0 fully saturated rings. The second-order valence-electron chi connectivity index (χ2n) is 16.9. The number of rotatable bonds is 20. The van der Waals surface area contributed by atoms with E-state index in [0.717, 1.165) is 5.56 Å². The molecule has 352 valence electrons. The van der Waals surface area contributed by atoms with E-state index < -0.39 is 56.5 Å². The lowest BCUT2D eigenvalue weighted by Gasteiger charge is -2.26. The first-order valence-corrected chi connectivity index (χ1v) is 27.9. The number of nitrogens with zero attached hydrogens (tertiary/aromatic N) is 6. The Balaban J connectivity index is 1.53. The van der Waals surface area contributed by atoms with Crippen LogP contribution in [-0.2, 0) is 39.5 Å². The average molecular weight is 969 g/mol. The Labute approximate surface area is 389 Å². The molecule has 0 spiro atoms. The van der Waals surface area contributed by atoms with E-state index in [2.05, 4.69) is 20.6 Å². The quantitative estimate of drug-likeness (QED) is 0.0577. The molecule has 1 atom stereocenters. The summed E-state index contributed by atoms with van der Waals surface area (Å²) in [6, 6.07) is 28.0. The fourth-order valence-electron chi connectivity index (χ4n) is 7.37. The third-order valence-electron chi connectivity index (χ3n) is 11.0. The third-order valence-corrected chi connectivity index (χ3v) is 16.9. The summed E-state index contributed by atoms with van der Waals surface area (Å²) in [7, 11) is -6.67. The molecule has 67 heavy (non-hydrogen) atoms. The van der Waals surface area contributed by atoms with Crippen LogP contribution in [0.3, 0.4) is 0 Å². The molecule has 0 saturated heterocycles. The van der Waals surface area contributed by atoms with Crippen LogP contribution in [0.4, 0.5) is 4.79 Å². The summed E-state index contributed by atoms with van der Waals surface area (Å²) < 4.78 is 79.3. The zero-order chi connectivity index (χ0) is 48.1. The number of aromatic amines is 1. The molecule has 2 aromatic heterocycles. The van der Waals surface area contributed by atoms with E-state index >= 15 is 8.42 Å². The van der Waals surface area contributed by atoms with Gasteiger partial charge in [0.15, 0.2) is 9.84 Å². The first-order valence-electron chi connectivity index (χ1n) is 21.1. The summed E-state index contributed by atoms with van der Waals surface area (Å²) in [5.74, 6) is 1.32. The number of aromatic nitrogens is 6. The number of fused-ring (bicyclic) bond motifs is 1. The van der Waals surface area contributed by atoms with Crippen molar-refractivity contribution in [3.63, 3.8) is 0 Å². The number of para-hydroxylation sites is 1. The number of amides is 1. The standard InChI is InChI=1S/C46H52N8O10S2Si/c1-62-33-16-10-30(11-17-33)26-53(27-31-12-18-34(63-2)19-13-31)66(60,61)43-40(65(58,59)24-25-67(4,5)6)23-22-36(37-8-7-9-38-42(37)49-44(47-38)39(29-55)48-46(56)57)41(43)45-50-52-54(51-45)28-32-14-20-35(64-3)21-15-32/h7-23,39,48,55H,24-29H2,1-6H3,(H,47,49)(H,56,57). The minimum absolute atomic E-state index is 0.0843. The van der Waals surface area contributed by atoms with Gasteiger partial charge in [0, 0.05) is 26.7 Å². The van der Waals surface area contributed by atoms with Crippen LogP contribution >= 0.6 is 0 Å². The summed E-state index contributed by atoms with van der Waals surface area (Å²) in [5, 5.41) is 35.4. The number of sulfonamides is 1. The van der Waals surface area contributed by atoms with Crippen LogP contribution in [0.2, 0.25) is 25.7 Å². The Kier molecular flexibility index (Phi) is 14.5. The lowest BCUT2D eigenvalue weighted by molar-refractivity contribution is 0.176. The number of carboxylic acid groups (broad SMARTS) is 1. The van der Waals surface area contributed by atoms with Crippen molar-refractivity contribution in [1.29, 1.82) is 0 Å². The Morgan fingerprint density at radius 3 is 1.88 bits per heavy atom. The molecule has 18 nitrogen and oxygen atoms in total. The van der Waals surface area contributed by atoms with Crippen molar-refractivity contribution in [3.05, 3.63) is 126 Å². The van der Waals surface area contributed by atoms with Gasteiger partial charge in [-0.3, -0.25) is 0 Å². The van der Waals surface area contributed by atoms with Crippen molar-refractivity contribution in [1.82, 2.24) is 39.8 Å². The third kappa shape index (κ3) is 11.1. The maximum atomic E-state index is 16.1. The molecule has 21 heteroatoms. The Morgan fingerprint density at radius 2 is 1.36 bits per heavy atom. The number of H-pyrrole nitrogens is 1. The van der Waals surface area contributed by atoms with E-state index in [1.54, 1.807) is 86.0 Å². The summed E-state index contributed by atoms with van der Waals surface area (Å²) in [5.41, 5.74) is 2.99. The van der Waals surface area contributed by atoms with Crippen molar-refractivity contribution >= 4 is 45.1 Å². The minimum Gasteiger partial charge on any atom is -0.497 e. The normalized spacial score (nSPS) is 12.6. The zero-order valence-corrected chi connectivity index (χ0v) is 40.4. The molecule has 0 aliphatic rings. The van der Waals surface area contributed by atoms with E-state index in [1.165, 1.54) is 35.5 Å². The van der Waals surface area contributed by atoms with E-state index in [1.807, 2.05) is 31.8 Å². The summed E-state index contributed by atoms with van der Waals surface area (Å²) in [6.45, 7) is 5.22. The molecule has 0 radical (unpaired) electrons. The van der Waals surface area contributed by atoms with E-state index in [0.29, 0.717) is 45.5 Å². The molecular formula is C46H52N8O10S2Si. The zero-order valence-electron chi connectivity index (χ0n) is 37.8. The maximum Gasteiger partial charge on any atom is 0.405 e. The predicted octanol–water partition coefficient (Wildman–Crippen LogP) is 6.76. The van der Waals surface area contributed by atoms with Gasteiger partial charge in [0.25, 0.3) is 0 Å².